The lowest BCUT2D eigenvalue weighted by Crippen LogP contribution is -2.35. The summed E-state index contributed by atoms with van der Waals surface area (Å²) in [6, 6.07) is 4.08. The Hall–Kier alpha value is -2.45. The molecule has 2 aliphatic rings. The summed E-state index contributed by atoms with van der Waals surface area (Å²) in [6.07, 6.45) is 3.74. The normalized spacial score (nSPS) is 16.8. The molecule has 1 amide bonds. The minimum absolute atomic E-state index is 0.0773. The lowest BCUT2D eigenvalue weighted by atomic mass is 10.0. The summed E-state index contributed by atoms with van der Waals surface area (Å²) in [5.41, 5.74) is 3.63. The van der Waals surface area contributed by atoms with Crippen molar-refractivity contribution >= 4 is 17.5 Å². The van der Waals surface area contributed by atoms with Crippen LogP contribution >= 0.6 is 0 Å². The van der Waals surface area contributed by atoms with Gasteiger partial charge in [0.25, 0.3) is 0 Å². The number of carbonyl (C=O) groups excluding carboxylic acids is 1. The summed E-state index contributed by atoms with van der Waals surface area (Å²) in [5.74, 6) is 1.59. The van der Waals surface area contributed by atoms with E-state index in [1.807, 2.05) is 17.2 Å². The smallest absolute Gasteiger partial charge is 0.244 e. The number of nitrogens with one attached hydrogen (secondary N) is 2. The molecule has 0 fully saturated rings. The number of methoxy groups -OCH3 is 1. The molecule has 0 atom stereocenters. The summed E-state index contributed by atoms with van der Waals surface area (Å²) in [7, 11) is 1.65. The van der Waals surface area contributed by atoms with Crippen molar-refractivity contribution in [2.24, 2.45) is 0 Å². The standard InChI is InChI=1S/C18H24N6O2/c1-26-7-6-23-5-3-15-9-17(22-24(15)12-18(23)25)21-16-8-14-10-19-4-2-13(14)11-20-16/h8-9,11,19H,2-7,10,12H2,1H3,(H,20,21,22). The molecular formula is C18H24N6O2. The van der Waals surface area contributed by atoms with E-state index in [-0.39, 0.29) is 12.5 Å². The fraction of sp³-hybridized carbons (Fsp3) is 0.500. The first-order chi connectivity index (χ1) is 12.7. The maximum atomic E-state index is 12.4. The molecule has 2 aliphatic heterocycles. The van der Waals surface area contributed by atoms with Crippen LogP contribution in [0.4, 0.5) is 11.6 Å². The lowest BCUT2D eigenvalue weighted by Gasteiger charge is -2.19. The quantitative estimate of drug-likeness (QED) is 0.820. The highest BCUT2D eigenvalue weighted by molar-refractivity contribution is 5.76. The highest BCUT2D eigenvalue weighted by Crippen LogP contribution is 2.21. The van der Waals surface area contributed by atoms with E-state index in [4.69, 9.17) is 4.74 Å². The maximum Gasteiger partial charge on any atom is 0.244 e. The van der Waals surface area contributed by atoms with Crippen LogP contribution in [0.25, 0.3) is 0 Å². The van der Waals surface area contributed by atoms with E-state index in [0.29, 0.717) is 19.7 Å². The van der Waals surface area contributed by atoms with Crippen LogP contribution < -0.4 is 10.6 Å². The van der Waals surface area contributed by atoms with Gasteiger partial charge in [-0.25, -0.2) is 4.98 Å². The van der Waals surface area contributed by atoms with Crippen LogP contribution in [0.15, 0.2) is 18.3 Å². The Morgan fingerprint density at radius 2 is 2.19 bits per heavy atom. The zero-order valence-electron chi connectivity index (χ0n) is 15.0. The molecule has 0 unspecified atom stereocenters. The van der Waals surface area contributed by atoms with Gasteiger partial charge in [-0.2, -0.15) is 5.10 Å². The van der Waals surface area contributed by atoms with Crippen LogP contribution in [0.5, 0.6) is 0 Å². The molecular weight excluding hydrogens is 332 g/mol. The number of hydrogen-bond acceptors (Lipinski definition) is 6. The number of aromatic nitrogens is 3. The van der Waals surface area contributed by atoms with Crippen molar-refractivity contribution in [2.75, 3.05) is 38.7 Å². The van der Waals surface area contributed by atoms with Gasteiger partial charge in [0.1, 0.15) is 12.4 Å². The van der Waals surface area contributed by atoms with Gasteiger partial charge in [-0.15, -0.1) is 0 Å². The molecule has 4 rings (SSSR count). The molecule has 0 bridgehead atoms. The zero-order valence-corrected chi connectivity index (χ0v) is 15.0. The first-order valence-electron chi connectivity index (χ1n) is 9.02. The number of rotatable bonds is 5. The molecule has 0 radical (unpaired) electrons. The summed E-state index contributed by atoms with van der Waals surface area (Å²) >= 11 is 0. The van der Waals surface area contributed by atoms with Crippen LogP contribution in [0.3, 0.4) is 0 Å². The molecule has 2 aromatic heterocycles. The average Bonchev–Trinajstić information content (AvgIpc) is 2.95. The molecule has 8 nitrogen and oxygen atoms in total. The Labute approximate surface area is 152 Å². The number of nitrogens with zero attached hydrogens (tertiary/aromatic N) is 4. The maximum absolute atomic E-state index is 12.4. The highest BCUT2D eigenvalue weighted by Gasteiger charge is 2.22. The highest BCUT2D eigenvalue weighted by atomic mass is 16.5. The molecule has 0 aromatic carbocycles. The van der Waals surface area contributed by atoms with Gasteiger partial charge in [0, 0.05) is 51.1 Å². The van der Waals surface area contributed by atoms with E-state index < -0.39 is 0 Å². The third kappa shape index (κ3) is 3.56. The minimum Gasteiger partial charge on any atom is -0.383 e. The van der Waals surface area contributed by atoms with Crippen molar-refractivity contribution in [3.8, 4) is 0 Å². The van der Waals surface area contributed by atoms with Crippen LogP contribution in [0, 0.1) is 0 Å². The predicted molar refractivity (Wildman–Crippen MR) is 97.3 cm³/mol. The molecule has 2 aromatic rings. The minimum atomic E-state index is 0.0773. The zero-order chi connectivity index (χ0) is 17.9. The summed E-state index contributed by atoms with van der Waals surface area (Å²) < 4.78 is 6.87. The number of ether oxygens (including phenoxy) is 1. The Balaban J connectivity index is 1.46. The predicted octanol–water partition coefficient (Wildman–Crippen LogP) is 0.698. The van der Waals surface area contributed by atoms with Gasteiger partial charge in [0.15, 0.2) is 5.82 Å². The Morgan fingerprint density at radius 1 is 1.27 bits per heavy atom. The van der Waals surface area contributed by atoms with E-state index in [2.05, 4.69) is 26.8 Å². The second-order valence-electron chi connectivity index (χ2n) is 6.69. The third-order valence-electron chi connectivity index (χ3n) is 4.93. The van der Waals surface area contributed by atoms with Crippen molar-refractivity contribution in [3.63, 3.8) is 0 Å². The van der Waals surface area contributed by atoms with Gasteiger partial charge in [-0.1, -0.05) is 0 Å². The van der Waals surface area contributed by atoms with E-state index in [1.165, 1.54) is 11.1 Å². The fourth-order valence-corrected chi connectivity index (χ4v) is 3.46. The molecule has 2 N–H and O–H groups in total. The fourth-order valence-electron chi connectivity index (χ4n) is 3.46. The van der Waals surface area contributed by atoms with Gasteiger partial charge in [0.05, 0.1) is 6.61 Å². The van der Waals surface area contributed by atoms with Crippen LogP contribution in [-0.2, 0) is 35.5 Å². The Kier molecular flexibility index (Phi) is 4.85. The first kappa shape index (κ1) is 17.0. The van der Waals surface area contributed by atoms with Gasteiger partial charge < -0.3 is 20.3 Å². The summed E-state index contributed by atoms with van der Waals surface area (Å²) in [5, 5.41) is 11.2. The second-order valence-corrected chi connectivity index (χ2v) is 6.69. The largest absolute Gasteiger partial charge is 0.383 e. The van der Waals surface area contributed by atoms with Gasteiger partial charge in [0.2, 0.25) is 5.91 Å². The van der Waals surface area contributed by atoms with Crippen LogP contribution in [0.1, 0.15) is 16.8 Å². The van der Waals surface area contributed by atoms with Crippen molar-refractivity contribution in [2.45, 2.75) is 25.9 Å². The van der Waals surface area contributed by atoms with Gasteiger partial charge in [-0.05, 0) is 30.2 Å². The van der Waals surface area contributed by atoms with Crippen LogP contribution in [0.2, 0.25) is 0 Å². The second kappa shape index (κ2) is 7.43. The van der Waals surface area contributed by atoms with E-state index in [9.17, 15) is 4.79 Å². The molecule has 4 heterocycles. The van der Waals surface area contributed by atoms with Crippen molar-refractivity contribution in [3.05, 3.63) is 35.2 Å². The van der Waals surface area contributed by atoms with Gasteiger partial charge in [-0.3, -0.25) is 9.48 Å². The van der Waals surface area contributed by atoms with Crippen LogP contribution in [-0.4, -0.2) is 58.9 Å². The number of amides is 1. The van der Waals surface area contributed by atoms with Gasteiger partial charge >= 0.3 is 0 Å². The summed E-state index contributed by atoms with van der Waals surface area (Å²) in [6.45, 7) is 4.01. The molecule has 26 heavy (non-hydrogen) atoms. The van der Waals surface area contributed by atoms with Crippen molar-refractivity contribution < 1.29 is 9.53 Å². The molecule has 8 heteroatoms. The monoisotopic (exact) mass is 356 g/mol. The number of pyridine rings is 1. The number of hydrogen-bond donors (Lipinski definition) is 2. The molecule has 0 spiro atoms. The molecule has 138 valence electrons. The molecule has 0 saturated heterocycles. The third-order valence-corrected chi connectivity index (χ3v) is 4.93. The first-order valence-corrected chi connectivity index (χ1v) is 9.02. The lowest BCUT2D eigenvalue weighted by molar-refractivity contribution is -0.132. The van der Waals surface area contributed by atoms with E-state index in [0.717, 1.165) is 43.3 Å². The molecule has 0 saturated carbocycles. The Bertz CT molecular complexity index is 803. The number of fused-ring (bicyclic) bond motifs is 2. The van der Waals surface area contributed by atoms with E-state index in [1.54, 1.807) is 11.8 Å². The summed E-state index contributed by atoms with van der Waals surface area (Å²) in [4.78, 5) is 18.7. The SMILES string of the molecule is COCCN1CCc2cc(Nc3cc4c(cn3)CCNC4)nn2CC1=O. The Morgan fingerprint density at radius 3 is 3.08 bits per heavy atom. The molecule has 0 aliphatic carbocycles. The number of carbonyl (C=O) groups is 1. The topological polar surface area (TPSA) is 84.3 Å². The van der Waals surface area contributed by atoms with E-state index >= 15 is 0 Å². The van der Waals surface area contributed by atoms with Crippen molar-refractivity contribution in [1.29, 1.82) is 0 Å². The number of anilines is 2. The average molecular weight is 356 g/mol. The van der Waals surface area contributed by atoms with Crippen molar-refractivity contribution in [1.82, 2.24) is 25.0 Å².